The molecule has 2 aromatic rings. The molecule has 0 spiro atoms. The minimum atomic E-state index is -3.92. The predicted molar refractivity (Wildman–Crippen MR) is 145 cm³/mol. The molecule has 1 aliphatic carbocycles. The van der Waals surface area contributed by atoms with Crippen molar-refractivity contribution in [3.63, 3.8) is 0 Å². The van der Waals surface area contributed by atoms with Gasteiger partial charge in [0, 0.05) is 25.6 Å². The van der Waals surface area contributed by atoms with Crippen LogP contribution in [-0.2, 0) is 26.0 Å². The molecular weight excluding hydrogens is 502 g/mol. The number of nitrogens with one attached hydrogen (secondary N) is 1. The summed E-state index contributed by atoms with van der Waals surface area (Å²) in [7, 11) is -3.92. The number of carbonyl (C=O) groups excluding carboxylic acids is 3. The number of amides is 3. The summed E-state index contributed by atoms with van der Waals surface area (Å²) in [6.07, 6.45) is 6.60. The number of rotatable bonds is 11. The molecule has 1 N–H and O–H groups in total. The summed E-state index contributed by atoms with van der Waals surface area (Å²) in [4.78, 5) is 41.1. The standard InChI is InChI=1S/C29H37N3O5S/c1-2-25(28(34)30-23-14-7-4-8-15-23)31(21-19-22-12-5-3-6-13-22)27(33)18-11-20-32-29(35)24-16-9-10-17-26(24)38(32,36)37/h3,5-6,9-10,12-13,16-17,23,25H,2,4,7-8,11,14-15,18-21H2,1H3,(H,30,34). The second-order valence-electron chi connectivity index (χ2n) is 10.1. The number of hydrogen-bond acceptors (Lipinski definition) is 5. The van der Waals surface area contributed by atoms with Crippen LogP contribution < -0.4 is 5.32 Å². The summed E-state index contributed by atoms with van der Waals surface area (Å²) in [5, 5.41) is 3.17. The van der Waals surface area contributed by atoms with E-state index in [2.05, 4.69) is 5.32 Å². The molecule has 9 heteroatoms. The van der Waals surface area contributed by atoms with Crippen LogP contribution in [0.5, 0.6) is 0 Å². The van der Waals surface area contributed by atoms with Crippen molar-refractivity contribution in [1.29, 1.82) is 0 Å². The van der Waals surface area contributed by atoms with Crippen molar-refractivity contribution in [2.75, 3.05) is 13.1 Å². The van der Waals surface area contributed by atoms with Crippen molar-refractivity contribution < 1.29 is 22.8 Å². The first-order valence-electron chi connectivity index (χ1n) is 13.6. The number of hydrogen-bond donors (Lipinski definition) is 1. The summed E-state index contributed by atoms with van der Waals surface area (Å²) in [5.41, 5.74) is 1.23. The molecule has 0 aromatic heterocycles. The van der Waals surface area contributed by atoms with Gasteiger partial charge in [0.2, 0.25) is 11.8 Å². The Morgan fingerprint density at radius 3 is 2.39 bits per heavy atom. The Bertz CT molecular complexity index is 1240. The first-order chi connectivity index (χ1) is 18.3. The number of benzene rings is 2. The predicted octanol–water partition coefficient (Wildman–Crippen LogP) is 3.91. The Balaban J connectivity index is 1.43. The summed E-state index contributed by atoms with van der Waals surface area (Å²) in [6, 6.07) is 15.5. The van der Waals surface area contributed by atoms with Crippen molar-refractivity contribution in [1.82, 2.24) is 14.5 Å². The highest BCUT2D eigenvalue weighted by Gasteiger charge is 2.40. The van der Waals surface area contributed by atoms with Gasteiger partial charge in [0.25, 0.3) is 15.9 Å². The lowest BCUT2D eigenvalue weighted by molar-refractivity contribution is -0.141. The maximum absolute atomic E-state index is 13.5. The zero-order valence-corrected chi connectivity index (χ0v) is 22.8. The molecule has 204 valence electrons. The molecule has 3 amide bonds. The molecule has 0 saturated heterocycles. The Morgan fingerprint density at radius 2 is 1.71 bits per heavy atom. The largest absolute Gasteiger partial charge is 0.352 e. The van der Waals surface area contributed by atoms with Crippen molar-refractivity contribution in [2.24, 2.45) is 0 Å². The molecule has 1 aliphatic heterocycles. The van der Waals surface area contributed by atoms with E-state index in [9.17, 15) is 22.8 Å². The Hall–Kier alpha value is -3.20. The Morgan fingerprint density at radius 1 is 1.03 bits per heavy atom. The van der Waals surface area contributed by atoms with Gasteiger partial charge in [-0.05, 0) is 49.8 Å². The average Bonchev–Trinajstić information content (AvgIpc) is 3.12. The number of sulfonamides is 1. The fourth-order valence-corrected chi connectivity index (χ4v) is 7.02. The van der Waals surface area contributed by atoms with Gasteiger partial charge in [-0.25, -0.2) is 12.7 Å². The van der Waals surface area contributed by atoms with E-state index in [4.69, 9.17) is 0 Å². The zero-order valence-electron chi connectivity index (χ0n) is 22.0. The molecular formula is C29H37N3O5S. The lowest BCUT2D eigenvalue weighted by Crippen LogP contribution is -2.52. The molecule has 1 fully saturated rings. The van der Waals surface area contributed by atoms with Gasteiger partial charge in [0.1, 0.15) is 10.9 Å². The fraction of sp³-hybridized carbons (Fsp3) is 0.483. The van der Waals surface area contributed by atoms with Crippen molar-refractivity contribution in [3.8, 4) is 0 Å². The van der Waals surface area contributed by atoms with Gasteiger partial charge >= 0.3 is 0 Å². The number of carbonyl (C=O) groups is 3. The molecule has 8 nitrogen and oxygen atoms in total. The van der Waals surface area contributed by atoms with Crippen LogP contribution in [0.1, 0.15) is 74.2 Å². The number of fused-ring (bicyclic) bond motifs is 1. The summed E-state index contributed by atoms with van der Waals surface area (Å²) in [5.74, 6) is -0.908. The summed E-state index contributed by atoms with van der Waals surface area (Å²) < 4.78 is 26.6. The third-order valence-electron chi connectivity index (χ3n) is 7.49. The molecule has 38 heavy (non-hydrogen) atoms. The van der Waals surface area contributed by atoms with Crippen LogP contribution >= 0.6 is 0 Å². The van der Waals surface area contributed by atoms with Gasteiger partial charge in [-0.15, -0.1) is 0 Å². The van der Waals surface area contributed by atoms with Crippen LogP contribution in [0.3, 0.4) is 0 Å². The van der Waals surface area contributed by atoms with Crippen LogP contribution in [-0.4, -0.2) is 60.5 Å². The molecule has 1 unspecified atom stereocenters. The van der Waals surface area contributed by atoms with Gasteiger partial charge in [0.05, 0.1) is 5.56 Å². The monoisotopic (exact) mass is 539 g/mol. The molecule has 2 aromatic carbocycles. The Kier molecular flexibility index (Phi) is 9.20. The van der Waals surface area contributed by atoms with Gasteiger partial charge in [-0.3, -0.25) is 14.4 Å². The van der Waals surface area contributed by atoms with E-state index in [1.54, 1.807) is 17.0 Å². The van der Waals surface area contributed by atoms with E-state index in [-0.39, 0.29) is 47.7 Å². The van der Waals surface area contributed by atoms with Crippen molar-refractivity contribution in [2.45, 2.75) is 81.7 Å². The first kappa shape index (κ1) is 27.8. The van der Waals surface area contributed by atoms with Crippen molar-refractivity contribution in [3.05, 3.63) is 65.7 Å². The minimum Gasteiger partial charge on any atom is -0.352 e. The van der Waals surface area contributed by atoms with Crippen LogP contribution in [0.15, 0.2) is 59.5 Å². The van der Waals surface area contributed by atoms with E-state index in [0.717, 1.165) is 35.6 Å². The highest BCUT2D eigenvalue weighted by Crippen LogP contribution is 2.30. The zero-order chi connectivity index (χ0) is 27.1. The van der Waals surface area contributed by atoms with Crippen molar-refractivity contribution >= 4 is 27.7 Å². The van der Waals surface area contributed by atoms with E-state index >= 15 is 0 Å². The summed E-state index contributed by atoms with van der Waals surface area (Å²) in [6.45, 7) is 2.20. The molecule has 2 aliphatic rings. The summed E-state index contributed by atoms with van der Waals surface area (Å²) >= 11 is 0. The third-order valence-corrected chi connectivity index (χ3v) is 9.33. The van der Waals surface area contributed by atoms with E-state index in [1.165, 1.54) is 18.6 Å². The topological polar surface area (TPSA) is 104 Å². The smallest absolute Gasteiger partial charge is 0.269 e. The molecule has 1 heterocycles. The second-order valence-corrected chi connectivity index (χ2v) is 11.9. The maximum atomic E-state index is 13.5. The number of nitrogens with zero attached hydrogens (tertiary/aromatic N) is 2. The van der Waals surface area contributed by atoms with Crippen LogP contribution in [0, 0.1) is 0 Å². The first-order valence-corrected chi connectivity index (χ1v) is 15.1. The lowest BCUT2D eigenvalue weighted by atomic mass is 9.95. The second kappa shape index (κ2) is 12.6. The SMILES string of the molecule is CCC(C(=O)NC1CCCCC1)N(CCc1ccccc1)C(=O)CCCN1C(=O)c2ccccc2S1(=O)=O. The fourth-order valence-electron chi connectivity index (χ4n) is 5.41. The van der Waals surface area contributed by atoms with E-state index < -0.39 is 22.0 Å². The maximum Gasteiger partial charge on any atom is 0.269 e. The van der Waals surface area contributed by atoms with Gasteiger partial charge in [0.15, 0.2) is 0 Å². The van der Waals surface area contributed by atoms with Crippen LogP contribution in [0.2, 0.25) is 0 Å². The third kappa shape index (κ3) is 6.26. The molecule has 4 rings (SSSR count). The van der Waals surface area contributed by atoms with E-state index in [1.807, 2.05) is 37.3 Å². The molecule has 0 bridgehead atoms. The molecule has 1 atom stereocenters. The quantitative estimate of drug-likeness (QED) is 0.466. The van der Waals surface area contributed by atoms with Gasteiger partial charge in [-0.2, -0.15) is 0 Å². The molecule has 0 radical (unpaired) electrons. The van der Waals surface area contributed by atoms with Crippen LogP contribution in [0.25, 0.3) is 0 Å². The van der Waals surface area contributed by atoms with Gasteiger partial charge < -0.3 is 10.2 Å². The normalized spacial score (nSPS) is 17.6. The highest BCUT2D eigenvalue weighted by atomic mass is 32.2. The lowest BCUT2D eigenvalue weighted by Gasteiger charge is -2.33. The van der Waals surface area contributed by atoms with Gasteiger partial charge in [-0.1, -0.05) is 68.7 Å². The molecule has 1 saturated carbocycles. The van der Waals surface area contributed by atoms with Crippen LogP contribution in [0.4, 0.5) is 0 Å². The Labute approximate surface area is 225 Å². The minimum absolute atomic E-state index is 0.00578. The van der Waals surface area contributed by atoms with E-state index in [0.29, 0.717) is 19.4 Å². The average molecular weight is 540 g/mol. The highest BCUT2D eigenvalue weighted by molar-refractivity contribution is 7.90.